The van der Waals surface area contributed by atoms with Crippen molar-refractivity contribution >= 4 is 28.9 Å². The fraction of sp³-hybridized carbons (Fsp3) is 0.571. The average Bonchev–Trinajstić information content (AvgIpc) is 2.52. The number of hydrogen-bond donors (Lipinski definition) is 0. The number of rotatable bonds is 0. The standard InChI is InChI=1S/C14H20ClNOSe/c1-13(2,3)9-7-10(14(4,5)6)12-11(8-9)17-18(15)16-12/h7-8H,1-6H3. The van der Waals surface area contributed by atoms with Gasteiger partial charge in [0.2, 0.25) is 0 Å². The first-order chi connectivity index (χ1) is 8.09. The maximum atomic E-state index is 6.10. The quantitative estimate of drug-likeness (QED) is 0.625. The van der Waals surface area contributed by atoms with Gasteiger partial charge in [0.05, 0.1) is 0 Å². The Morgan fingerprint density at radius 2 is 1.67 bits per heavy atom. The molecule has 1 unspecified atom stereocenters. The first-order valence-corrected chi connectivity index (χ1v) is 9.80. The molecule has 1 aliphatic heterocycles. The van der Waals surface area contributed by atoms with E-state index in [9.17, 15) is 0 Å². The average molecular weight is 333 g/mol. The normalized spacial score (nSPS) is 19.2. The number of nitrogens with zero attached hydrogens (tertiary/aromatic N) is 1. The van der Waals surface area contributed by atoms with Crippen LogP contribution in [0.2, 0.25) is 0 Å². The fourth-order valence-corrected chi connectivity index (χ4v) is 4.00. The van der Waals surface area contributed by atoms with Crippen molar-refractivity contribution in [2.45, 2.75) is 52.4 Å². The van der Waals surface area contributed by atoms with Crippen molar-refractivity contribution in [2.24, 2.45) is 3.96 Å². The SMILES string of the molecule is CC(C)(C)c1cc2c(c(C(C)(C)C)c1)N=[Se](Cl)O2. The van der Waals surface area contributed by atoms with Gasteiger partial charge in [-0.2, -0.15) is 0 Å². The monoisotopic (exact) mass is 333 g/mol. The molecule has 1 heterocycles. The summed E-state index contributed by atoms with van der Waals surface area (Å²) in [5, 5.41) is 0. The summed E-state index contributed by atoms with van der Waals surface area (Å²) in [4.78, 5) is 0. The van der Waals surface area contributed by atoms with Crippen LogP contribution >= 0.6 is 10.1 Å². The summed E-state index contributed by atoms with van der Waals surface area (Å²) in [6.07, 6.45) is 0. The molecule has 0 radical (unpaired) electrons. The summed E-state index contributed by atoms with van der Waals surface area (Å²) in [6.45, 7) is 13.2. The number of hydrogen-bond acceptors (Lipinski definition) is 2. The zero-order chi connectivity index (χ0) is 13.7. The molecule has 2 rings (SSSR count). The molecule has 0 N–H and O–H groups in total. The summed E-state index contributed by atoms with van der Waals surface area (Å²) < 4.78 is 10.2. The second-order valence-corrected chi connectivity index (χ2v) is 9.72. The van der Waals surface area contributed by atoms with E-state index in [1.165, 1.54) is 11.1 Å². The Morgan fingerprint density at radius 1 is 1.06 bits per heavy atom. The van der Waals surface area contributed by atoms with E-state index in [-0.39, 0.29) is 10.8 Å². The van der Waals surface area contributed by atoms with Crippen LogP contribution in [-0.2, 0) is 10.8 Å². The molecule has 18 heavy (non-hydrogen) atoms. The minimum absolute atomic E-state index is 0.0469. The molecule has 0 aliphatic carbocycles. The zero-order valence-electron chi connectivity index (χ0n) is 11.8. The van der Waals surface area contributed by atoms with Crippen LogP contribution in [0.25, 0.3) is 0 Å². The van der Waals surface area contributed by atoms with Gasteiger partial charge in [0.15, 0.2) is 0 Å². The van der Waals surface area contributed by atoms with E-state index in [1.807, 2.05) is 0 Å². The summed E-state index contributed by atoms with van der Waals surface area (Å²) >= 11 is -1.78. The van der Waals surface area contributed by atoms with Gasteiger partial charge in [0.1, 0.15) is 0 Å². The zero-order valence-corrected chi connectivity index (χ0v) is 14.3. The van der Waals surface area contributed by atoms with E-state index in [4.69, 9.17) is 13.9 Å². The van der Waals surface area contributed by atoms with Crippen molar-refractivity contribution in [3.63, 3.8) is 0 Å². The van der Waals surface area contributed by atoms with Crippen LogP contribution in [0.15, 0.2) is 16.1 Å². The molecule has 1 aliphatic rings. The van der Waals surface area contributed by atoms with Crippen LogP contribution in [0.3, 0.4) is 0 Å². The predicted molar refractivity (Wildman–Crippen MR) is 78.2 cm³/mol. The van der Waals surface area contributed by atoms with Gasteiger partial charge in [0.25, 0.3) is 0 Å². The van der Waals surface area contributed by atoms with Gasteiger partial charge < -0.3 is 0 Å². The van der Waals surface area contributed by atoms with Crippen molar-refractivity contribution in [3.05, 3.63) is 23.3 Å². The van der Waals surface area contributed by atoms with Gasteiger partial charge in [-0.05, 0) is 0 Å². The molecular weight excluding hydrogens is 313 g/mol. The van der Waals surface area contributed by atoms with Crippen molar-refractivity contribution in [1.82, 2.24) is 0 Å². The Morgan fingerprint density at radius 3 is 2.17 bits per heavy atom. The molecule has 0 saturated carbocycles. The van der Waals surface area contributed by atoms with E-state index in [0.717, 1.165) is 11.4 Å². The third-order valence-corrected chi connectivity index (χ3v) is 5.11. The number of benzene rings is 1. The Balaban J connectivity index is 2.67. The minimum atomic E-state index is -1.78. The molecule has 1 aromatic carbocycles. The third kappa shape index (κ3) is 2.64. The van der Waals surface area contributed by atoms with Gasteiger partial charge in [-0.15, -0.1) is 0 Å². The molecule has 0 fully saturated rings. The van der Waals surface area contributed by atoms with Crippen LogP contribution in [0.1, 0.15) is 52.7 Å². The van der Waals surface area contributed by atoms with Crippen molar-refractivity contribution in [2.75, 3.05) is 0 Å². The van der Waals surface area contributed by atoms with Gasteiger partial charge in [0, 0.05) is 0 Å². The number of halogens is 1. The predicted octanol–water partition coefficient (Wildman–Crippen LogP) is 4.80. The van der Waals surface area contributed by atoms with E-state index < -0.39 is 13.1 Å². The Bertz CT molecular complexity index is 524. The Hall–Kier alpha value is -0.371. The second kappa shape index (κ2) is 4.33. The molecule has 0 aromatic heterocycles. The van der Waals surface area contributed by atoms with Gasteiger partial charge in [-0.1, -0.05) is 0 Å². The van der Waals surface area contributed by atoms with Crippen LogP contribution in [0.5, 0.6) is 5.75 Å². The topological polar surface area (TPSA) is 21.6 Å². The number of fused-ring (bicyclic) bond motifs is 1. The first kappa shape index (κ1) is 14.0. The van der Waals surface area contributed by atoms with Crippen LogP contribution in [0, 0.1) is 0 Å². The molecule has 0 bridgehead atoms. The Labute approximate surface area is 118 Å². The third-order valence-electron chi connectivity index (χ3n) is 3.07. The summed E-state index contributed by atoms with van der Waals surface area (Å²) in [7, 11) is 6.10. The molecule has 0 amide bonds. The molecule has 100 valence electrons. The first-order valence-electron chi connectivity index (χ1n) is 6.09. The summed E-state index contributed by atoms with van der Waals surface area (Å²) in [5.41, 5.74) is 3.62. The molecule has 1 atom stereocenters. The van der Waals surface area contributed by atoms with Gasteiger partial charge >= 0.3 is 118 Å². The Kier molecular flexibility index (Phi) is 3.38. The van der Waals surface area contributed by atoms with E-state index in [2.05, 4.69) is 57.6 Å². The van der Waals surface area contributed by atoms with Crippen molar-refractivity contribution < 1.29 is 3.82 Å². The molecule has 2 nitrogen and oxygen atoms in total. The molecule has 4 heteroatoms. The fourth-order valence-electron chi connectivity index (χ4n) is 1.93. The summed E-state index contributed by atoms with van der Waals surface area (Å²) in [5.74, 6) is 0.868. The maximum absolute atomic E-state index is 6.10. The van der Waals surface area contributed by atoms with E-state index >= 15 is 0 Å². The van der Waals surface area contributed by atoms with E-state index in [1.54, 1.807) is 0 Å². The molecule has 1 aromatic rings. The van der Waals surface area contributed by atoms with Crippen LogP contribution < -0.4 is 3.82 Å². The molecular formula is C14H20ClNOSe. The molecule has 0 spiro atoms. The molecule has 0 saturated heterocycles. The summed E-state index contributed by atoms with van der Waals surface area (Å²) in [6, 6.07) is 4.35. The van der Waals surface area contributed by atoms with Crippen LogP contribution in [0.4, 0.5) is 5.69 Å². The van der Waals surface area contributed by atoms with E-state index in [0.29, 0.717) is 0 Å². The van der Waals surface area contributed by atoms with Gasteiger partial charge in [-0.3, -0.25) is 0 Å². The van der Waals surface area contributed by atoms with Crippen molar-refractivity contribution in [3.8, 4) is 5.75 Å². The van der Waals surface area contributed by atoms with Gasteiger partial charge in [-0.25, -0.2) is 0 Å². The van der Waals surface area contributed by atoms with Crippen LogP contribution in [-0.4, -0.2) is 13.1 Å². The van der Waals surface area contributed by atoms with Crippen molar-refractivity contribution in [1.29, 1.82) is 0 Å². The second-order valence-electron chi connectivity index (χ2n) is 6.75.